The van der Waals surface area contributed by atoms with Gasteiger partial charge in [0.25, 0.3) is 0 Å². The van der Waals surface area contributed by atoms with Crippen LogP contribution in [0.3, 0.4) is 0 Å². The Labute approximate surface area is 126 Å². The molecule has 1 saturated heterocycles. The second-order valence-electron chi connectivity index (χ2n) is 5.41. The second-order valence-corrected chi connectivity index (χ2v) is 5.41. The van der Waals surface area contributed by atoms with Crippen LogP contribution in [-0.4, -0.2) is 57.3 Å². The largest absolute Gasteiger partial charge is 0.497 e. The Morgan fingerprint density at radius 1 is 1.43 bits per heavy atom. The van der Waals surface area contributed by atoms with Crippen LogP contribution in [0.15, 0.2) is 24.3 Å². The van der Waals surface area contributed by atoms with Gasteiger partial charge in [-0.2, -0.15) is 0 Å². The van der Waals surface area contributed by atoms with Gasteiger partial charge < -0.3 is 19.7 Å². The summed E-state index contributed by atoms with van der Waals surface area (Å²) in [5.41, 5.74) is 1.14. The van der Waals surface area contributed by atoms with E-state index in [0.29, 0.717) is 13.0 Å². The molecule has 116 valence electrons. The molecule has 1 aliphatic heterocycles. The molecule has 0 aliphatic carbocycles. The summed E-state index contributed by atoms with van der Waals surface area (Å²) in [5, 5.41) is 2.95. The monoisotopic (exact) mass is 292 g/mol. The van der Waals surface area contributed by atoms with Crippen molar-refractivity contribution in [2.75, 3.05) is 40.4 Å². The molecule has 0 saturated carbocycles. The Morgan fingerprint density at radius 3 is 2.86 bits per heavy atom. The fraction of sp³-hybridized carbons (Fsp3) is 0.562. The molecule has 0 bridgehead atoms. The number of nitrogens with zero attached hydrogens (tertiary/aromatic N) is 1. The molecular weight excluding hydrogens is 268 g/mol. The minimum Gasteiger partial charge on any atom is -0.497 e. The Kier molecular flexibility index (Phi) is 6.02. The zero-order valence-electron chi connectivity index (χ0n) is 12.8. The average Bonchev–Trinajstić information content (AvgIpc) is 2.51. The summed E-state index contributed by atoms with van der Waals surface area (Å²) in [5.74, 6) is 0.907. The van der Waals surface area contributed by atoms with Gasteiger partial charge in [-0.15, -0.1) is 0 Å². The summed E-state index contributed by atoms with van der Waals surface area (Å²) in [6.45, 7) is 3.16. The van der Waals surface area contributed by atoms with E-state index in [1.165, 1.54) is 0 Å². The third kappa shape index (κ3) is 5.36. The van der Waals surface area contributed by atoms with Crippen LogP contribution >= 0.6 is 0 Å². The Morgan fingerprint density at radius 2 is 2.19 bits per heavy atom. The molecule has 1 aliphatic rings. The molecule has 1 fully saturated rings. The molecule has 1 N–H and O–H groups in total. The van der Waals surface area contributed by atoms with Crippen LogP contribution in [0.4, 0.5) is 0 Å². The zero-order valence-corrected chi connectivity index (χ0v) is 12.8. The number of aryl methyl sites for hydroxylation is 1. The summed E-state index contributed by atoms with van der Waals surface area (Å²) in [6.07, 6.45) is 1.34. The van der Waals surface area contributed by atoms with Gasteiger partial charge in [0, 0.05) is 26.1 Å². The van der Waals surface area contributed by atoms with Gasteiger partial charge in [0.2, 0.25) is 5.91 Å². The maximum atomic E-state index is 11.9. The highest BCUT2D eigenvalue weighted by molar-refractivity contribution is 5.76. The smallest absolute Gasteiger partial charge is 0.220 e. The van der Waals surface area contributed by atoms with Gasteiger partial charge in [0.1, 0.15) is 5.75 Å². The Bertz CT molecular complexity index is 447. The molecule has 0 radical (unpaired) electrons. The summed E-state index contributed by atoms with van der Waals surface area (Å²) in [7, 11) is 3.72. The van der Waals surface area contributed by atoms with Crippen molar-refractivity contribution in [2.45, 2.75) is 18.9 Å². The first-order valence-electron chi connectivity index (χ1n) is 7.37. The molecule has 2 rings (SSSR count). The summed E-state index contributed by atoms with van der Waals surface area (Å²) < 4.78 is 10.7. The van der Waals surface area contributed by atoms with Crippen molar-refractivity contribution in [3.8, 4) is 5.75 Å². The number of rotatable bonds is 6. The molecular formula is C16H24N2O3. The number of hydrogen-bond acceptors (Lipinski definition) is 4. The van der Waals surface area contributed by atoms with E-state index in [-0.39, 0.29) is 12.0 Å². The molecule has 0 aromatic heterocycles. The number of morpholine rings is 1. The third-order valence-corrected chi connectivity index (χ3v) is 3.67. The lowest BCUT2D eigenvalue weighted by molar-refractivity contribution is -0.122. The van der Waals surface area contributed by atoms with Crippen molar-refractivity contribution in [1.82, 2.24) is 10.2 Å². The minimum atomic E-state index is 0.0719. The molecule has 1 unspecified atom stereocenters. The Balaban J connectivity index is 1.67. The lowest BCUT2D eigenvalue weighted by Gasteiger charge is -2.30. The van der Waals surface area contributed by atoms with Crippen LogP contribution in [0.1, 0.15) is 12.0 Å². The lowest BCUT2D eigenvalue weighted by Crippen LogP contribution is -2.45. The number of ether oxygens (including phenoxy) is 2. The summed E-state index contributed by atoms with van der Waals surface area (Å²) in [4.78, 5) is 14.1. The highest BCUT2D eigenvalue weighted by Gasteiger charge is 2.17. The van der Waals surface area contributed by atoms with E-state index in [2.05, 4.69) is 17.3 Å². The number of methoxy groups -OCH3 is 1. The SMILES string of the molecule is COc1ccc(CCC(=O)NCC2CN(C)CCO2)cc1. The van der Waals surface area contributed by atoms with Crippen LogP contribution in [-0.2, 0) is 16.0 Å². The Hall–Kier alpha value is -1.59. The lowest BCUT2D eigenvalue weighted by atomic mass is 10.1. The maximum Gasteiger partial charge on any atom is 0.220 e. The fourth-order valence-corrected chi connectivity index (χ4v) is 2.36. The van der Waals surface area contributed by atoms with Gasteiger partial charge in [-0.05, 0) is 31.2 Å². The maximum absolute atomic E-state index is 11.9. The predicted molar refractivity (Wildman–Crippen MR) is 81.6 cm³/mol. The van der Waals surface area contributed by atoms with Gasteiger partial charge in [0.15, 0.2) is 0 Å². The minimum absolute atomic E-state index is 0.0719. The first-order valence-corrected chi connectivity index (χ1v) is 7.37. The molecule has 0 spiro atoms. The zero-order chi connectivity index (χ0) is 15.1. The van der Waals surface area contributed by atoms with Gasteiger partial charge in [-0.25, -0.2) is 0 Å². The first-order chi connectivity index (χ1) is 10.2. The van der Waals surface area contributed by atoms with E-state index in [1.54, 1.807) is 7.11 Å². The van der Waals surface area contributed by atoms with Crippen molar-refractivity contribution < 1.29 is 14.3 Å². The molecule has 21 heavy (non-hydrogen) atoms. The van der Waals surface area contributed by atoms with E-state index in [0.717, 1.165) is 37.4 Å². The topological polar surface area (TPSA) is 50.8 Å². The molecule has 1 aromatic carbocycles. The molecule has 5 nitrogen and oxygen atoms in total. The van der Waals surface area contributed by atoms with Crippen molar-refractivity contribution in [1.29, 1.82) is 0 Å². The number of amides is 1. The van der Waals surface area contributed by atoms with E-state index < -0.39 is 0 Å². The average molecular weight is 292 g/mol. The quantitative estimate of drug-likeness (QED) is 0.852. The molecule has 1 amide bonds. The van der Waals surface area contributed by atoms with Crippen molar-refractivity contribution >= 4 is 5.91 Å². The van der Waals surface area contributed by atoms with E-state index in [4.69, 9.17) is 9.47 Å². The normalized spacial score (nSPS) is 19.2. The molecule has 5 heteroatoms. The predicted octanol–water partition coefficient (Wildman–Crippen LogP) is 1.07. The van der Waals surface area contributed by atoms with Crippen LogP contribution in [0.25, 0.3) is 0 Å². The van der Waals surface area contributed by atoms with Crippen molar-refractivity contribution in [3.05, 3.63) is 29.8 Å². The van der Waals surface area contributed by atoms with Crippen LogP contribution < -0.4 is 10.1 Å². The van der Waals surface area contributed by atoms with Crippen LogP contribution in [0.5, 0.6) is 5.75 Å². The van der Waals surface area contributed by atoms with Gasteiger partial charge in [-0.3, -0.25) is 4.79 Å². The van der Waals surface area contributed by atoms with Crippen molar-refractivity contribution in [3.63, 3.8) is 0 Å². The third-order valence-electron chi connectivity index (χ3n) is 3.67. The molecule has 1 aromatic rings. The first kappa shape index (κ1) is 15.8. The number of nitrogens with one attached hydrogen (secondary N) is 1. The van der Waals surface area contributed by atoms with Crippen molar-refractivity contribution in [2.24, 2.45) is 0 Å². The van der Waals surface area contributed by atoms with Gasteiger partial charge in [0.05, 0.1) is 19.8 Å². The van der Waals surface area contributed by atoms with E-state index in [9.17, 15) is 4.79 Å². The molecule has 1 heterocycles. The number of hydrogen-bond donors (Lipinski definition) is 1. The van der Waals surface area contributed by atoms with E-state index >= 15 is 0 Å². The fourth-order valence-electron chi connectivity index (χ4n) is 2.36. The summed E-state index contributed by atoms with van der Waals surface area (Å²) >= 11 is 0. The molecule has 1 atom stereocenters. The highest BCUT2D eigenvalue weighted by atomic mass is 16.5. The number of likely N-dealkylation sites (N-methyl/N-ethyl adjacent to an activating group) is 1. The van der Waals surface area contributed by atoms with Crippen LogP contribution in [0.2, 0.25) is 0 Å². The van der Waals surface area contributed by atoms with Gasteiger partial charge in [-0.1, -0.05) is 12.1 Å². The standard InChI is InChI=1S/C16H24N2O3/c1-18-9-10-21-15(12-18)11-17-16(19)8-5-13-3-6-14(20-2)7-4-13/h3-4,6-7,15H,5,8-12H2,1-2H3,(H,17,19). The van der Waals surface area contributed by atoms with E-state index in [1.807, 2.05) is 24.3 Å². The number of carbonyl (C=O) groups is 1. The number of benzene rings is 1. The highest BCUT2D eigenvalue weighted by Crippen LogP contribution is 2.12. The number of carbonyl (C=O) groups excluding carboxylic acids is 1. The van der Waals surface area contributed by atoms with Crippen LogP contribution in [0, 0.1) is 0 Å². The van der Waals surface area contributed by atoms with Gasteiger partial charge >= 0.3 is 0 Å². The summed E-state index contributed by atoms with van der Waals surface area (Å²) in [6, 6.07) is 7.81. The second kappa shape index (κ2) is 8.00.